The zero-order valence-electron chi connectivity index (χ0n) is 13.8. The first-order chi connectivity index (χ1) is 12.2. The molecule has 144 valence electrons. The van der Waals surface area contributed by atoms with E-state index in [2.05, 4.69) is 4.72 Å². The third-order valence-electron chi connectivity index (χ3n) is 4.78. The molecule has 26 heavy (non-hydrogen) atoms. The molecule has 1 atom stereocenters. The minimum absolute atomic E-state index is 0.363. The Morgan fingerprint density at radius 3 is 2.62 bits per heavy atom. The Hall–Kier alpha value is -1.65. The largest absolute Gasteiger partial charge is 0.416 e. The Balaban J connectivity index is 1.54. The average molecular weight is 392 g/mol. The summed E-state index contributed by atoms with van der Waals surface area (Å²) < 4.78 is 69.8. The van der Waals surface area contributed by atoms with Crippen molar-refractivity contribution in [1.29, 1.82) is 0 Å². The van der Waals surface area contributed by atoms with Crippen LogP contribution in [0.5, 0.6) is 0 Å². The van der Waals surface area contributed by atoms with E-state index in [-0.39, 0.29) is 0 Å². The first-order valence-corrected chi connectivity index (χ1v) is 9.67. The van der Waals surface area contributed by atoms with E-state index in [9.17, 15) is 26.4 Å². The van der Waals surface area contributed by atoms with E-state index < -0.39 is 39.1 Å². The van der Waals surface area contributed by atoms with Crippen molar-refractivity contribution in [3.8, 4) is 0 Å². The number of nitrogens with one attached hydrogen (secondary N) is 1. The highest BCUT2D eigenvalue weighted by Gasteiger charge is 2.38. The number of sulfonamides is 1. The van der Waals surface area contributed by atoms with Gasteiger partial charge < -0.3 is 9.64 Å². The summed E-state index contributed by atoms with van der Waals surface area (Å²) in [7, 11) is -4.20. The molecular formula is C16H19F3N2O4S. The second-order valence-corrected chi connectivity index (χ2v) is 8.30. The van der Waals surface area contributed by atoms with E-state index in [0.717, 1.165) is 31.2 Å². The predicted molar refractivity (Wildman–Crippen MR) is 85.6 cm³/mol. The summed E-state index contributed by atoms with van der Waals surface area (Å²) >= 11 is 0. The molecule has 0 saturated carbocycles. The van der Waals surface area contributed by atoms with Gasteiger partial charge in [0.2, 0.25) is 15.9 Å². The Morgan fingerprint density at radius 1 is 1.27 bits per heavy atom. The highest BCUT2D eigenvalue weighted by Crippen LogP contribution is 2.31. The van der Waals surface area contributed by atoms with Crippen molar-refractivity contribution in [2.75, 3.05) is 32.8 Å². The Kier molecular flexibility index (Phi) is 5.27. The fourth-order valence-electron chi connectivity index (χ4n) is 3.13. The number of ether oxygens (including phenoxy) is 1. The Labute approximate surface area is 149 Å². The molecule has 1 aromatic rings. The molecule has 1 amide bonds. The number of hydrogen-bond acceptors (Lipinski definition) is 4. The van der Waals surface area contributed by atoms with E-state index in [1.165, 1.54) is 4.90 Å². The van der Waals surface area contributed by atoms with Gasteiger partial charge >= 0.3 is 6.18 Å². The van der Waals surface area contributed by atoms with Crippen molar-refractivity contribution in [3.63, 3.8) is 0 Å². The fraction of sp³-hybridized carbons (Fsp3) is 0.562. The number of halogens is 3. The summed E-state index contributed by atoms with van der Waals surface area (Å²) in [6.07, 6.45) is -3.67. The maximum Gasteiger partial charge on any atom is 0.416 e. The smallest absolute Gasteiger partial charge is 0.381 e. The summed E-state index contributed by atoms with van der Waals surface area (Å²) in [5.41, 5.74) is -1.06. The van der Waals surface area contributed by atoms with Gasteiger partial charge in [-0.25, -0.2) is 13.1 Å². The molecule has 0 aromatic heterocycles. The topological polar surface area (TPSA) is 75.7 Å². The molecular weight excluding hydrogens is 373 g/mol. The van der Waals surface area contributed by atoms with Crippen LogP contribution in [-0.4, -0.2) is 52.1 Å². The summed E-state index contributed by atoms with van der Waals surface area (Å²) in [5, 5.41) is 0. The standard InChI is InChI=1S/C16H19F3N2O4S/c17-16(18,19)13-2-1-3-14(6-13)26(23,24)20-7-15(22)21-8-12(9-21)11-4-5-25-10-11/h1-3,6,11-12,20H,4-5,7-10H2. The lowest BCUT2D eigenvalue weighted by molar-refractivity contribution is -0.138. The van der Waals surface area contributed by atoms with Crippen molar-refractivity contribution >= 4 is 15.9 Å². The average Bonchev–Trinajstić information content (AvgIpc) is 3.05. The van der Waals surface area contributed by atoms with Crippen molar-refractivity contribution in [2.24, 2.45) is 11.8 Å². The van der Waals surface area contributed by atoms with Crippen molar-refractivity contribution in [2.45, 2.75) is 17.5 Å². The molecule has 1 N–H and O–H groups in total. The quantitative estimate of drug-likeness (QED) is 0.824. The van der Waals surface area contributed by atoms with Crippen LogP contribution in [0.1, 0.15) is 12.0 Å². The van der Waals surface area contributed by atoms with Gasteiger partial charge in [0.05, 0.1) is 17.0 Å². The van der Waals surface area contributed by atoms with Crippen LogP contribution in [0, 0.1) is 11.8 Å². The van der Waals surface area contributed by atoms with Gasteiger partial charge in [0.25, 0.3) is 0 Å². The van der Waals surface area contributed by atoms with Gasteiger partial charge in [0.1, 0.15) is 0 Å². The molecule has 2 fully saturated rings. The van der Waals surface area contributed by atoms with Gasteiger partial charge in [0.15, 0.2) is 0 Å². The highest BCUT2D eigenvalue weighted by atomic mass is 32.2. The van der Waals surface area contributed by atoms with Gasteiger partial charge in [-0.2, -0.15) is 13.2 Å². The molecule has 2 aliphatic heterocycles. The number of benzene rings is 1. The van der Waals surface area contributed by atoms with Crippen LogP contribution in [0.3, 0.4) is 0 Å². The third kappa shape index (κ3) is 4.18. The molecule has 10 heteroatoms. The van der Waals surface area contributed by atoms with Crippen molar-refractivity contribution in [1.82, 2.24) is 9.62 Å². The summed E-state index contributed by atoms with van der Waals surface area (Å²) in [5.74, 6) is 0.401. The number of nitrogens with zero attached hydrogens (tertiary/aromatic N) is 1. The van der Waals surface area contributed by atoms with Crippen LogP contribution in [0.15, 0.2) is 29.2 Å². The van der Waals surface area contributed by atoms with Crippen LogP contribution in [-0.2, 0) is 25.7 Å². The number of alkyl halides is 3. The SMILES string of the molecule is O=C(CNS(=O)(=O)c1cccc(C(F)(F)F)c1)N1CC(C2CCOC2)C1. The first kappa shape index (κ1) is 19.1. The number of amides is 1. The molecule has 1 aromatic carbocycles. The van der Waals surface area contributed by atoms with Gasteiger partial charge in [0, 0.05) is 26.3 Å². The zero-order chi connectivity index (χ0) is 18.9. The molecule has 2 heterocycles. The summed E-state index contributed by atoms with van der Waals surface area (Å²) in [6.45, 7) is 2.05. The van der Waals surface area contributed by atoms with E-state index in [1.54, 1.807) is 0 Å². The maximum atomic E-state index is 12.7. The molecule has 0 spiro atoms. The lowest BCUT2D eigenvalue weighted by Gasteiger charge is -2.42. The van der Waals surface area contributed by atoms with E-state index in [1.807, 2.05) is 0 Å². The van der Waals surface area contributed by atoms with Crippen LogP contribution >= 0.6 is 0 Å². The van der Waals surface area contributed by atoms with E-state index in [0.29, 0.717) is 37.6 Å². The lowest BCUT2D eigenvalue weighted by atomic mass is 9.85. The lowest BCUT2D eigenvalue weighted by Crippen LogP contribution is -2.55. The van der Waals surface area contributed by atoms with E-state index >= 15 is 0 Å². The van der Waals surface area contributed by atoms with Crippen molar-refractivity contribution < 1.29 is 31.1 Å². The number of carbonyl (C=O) groups is 1. The predicted octanol–water partition coefficient (Wildman–Crippen LogP) is 1.48. The first-order valence-electron chi connectivity index (χ1n) is 8.19. The second-order valence-electron chi connectivity index (χ2n) is 6.53. The summed E-state index contributed by atoms with van der Waals surface area (Å²) in [4.78, 5) is 13.1. The van der Waals surface area contributed by atoms with Crippen molar-refractivity contribution in [3.05, 3.63) is 29.8 Å². The molecule has 3 rings (SSSR count). The Bertz CT molecular complexity index is 770. The van der Waals surface area contributed by atoms with Gasteiger partial charge in [-0.3, -0.25) is 4.79 Å². The minimum atomic E-state index is -4.64. The number of likely N-dealkylation sites (tertiary alicyclic amines) is 1. The Morgan fingerprint density at radius 2 is 2.00 bits per heavy atom. The molecule has 0 radical (unpaired) electrons. The molecule has 0 aliphatic carbocycles. The van der Waals surface area contributed by atoms with Gasteiger partial charge in [-0.05, 0) is 36.5 Å². The normalized spacial score (nSPS) is 21.7. The van der Waals surface area contributed by atoms with Crippen LogP contribution in [0.4, 0.5) is 13.2 Å². The zero-order valence-corrected chi connectivity index (χ0v) is 14.6. The van der Waals surface area contributed by atoms with Gasteiger partial charge in [-0.15, -0.1) is 0 Å². The monoisotopic (exact) mass is 392 g/mol. The highest BCUT2D eigenvalue weighted by molar-refractivity contribution is 7.89. The number of hydrogen-bond donors (Lipinski definition) is 1. The number of carbonyl (C=O) groups excluding carboxylic acids is 1. The van der Waals surface area contributed by atoms with E-state index in [4.69, 9.17) is 4.74 Å². The number of rotatable bonds is 5. The van der Waals surface area contributed by atoms with Crippen LogP contribution in [0.2, 0.25) is 0 Å². The molecule has 2 saturated heterocycles. The molecule has 2 aliphatic rings. The molecule has 6 nitrogen and oxygen atoms in total. The third-order valence-corrected chi connectivity index (χ3v) is 6.18. The fourth-order valence-corrected chi connectivity index (χ4v) is 4.15. The second kappa shape index (κ2) is 7.16. The van der Waals surface area contributed by atoms with Gasteiger partial charge in [-0.1, -0.05) is 6.07 Å². The summed E-state index contributed by atoms with van der Waals surface area (Å²) in [6, 6.07) is 3.41. The molecule has 0 bridgehead atoms. The van der Waals surface area contributed by atoms with Crippen LogP contribution < -0.4 is 4.72 Å². The minimum Gasteiger partial charge on any atom is -0.381 e. The van der Waals surface area contributed by atoms with Crippen LogP contribution in [0.25, 0.3) is 0 Å². The maximum absolute atomic E-state index is 12.7. The molecule has 1 unspecified atom stereocenters.